The highest BCUT2D eigenvalue weighted by Crippen LogP contribution is 2.19. The number of para-hydroxylation sites is 1. The molecule has 100 valence electrons. The van der Waals surface area contributed by atoms with Gasteiger partial charge < -0.3 is 10.5 Å². The van der Waals surface area contributed by atoms with Gasteiger partial charge in [-0.25, -0.2) is 0 Å². The van der Waals surface area contributed by atoms with Crippen LogP contribution in [0.4, 0.5) is 0 Å². The summed E-state index contributed by atoms with van der Waals surface area (Å²) in [5, 5.41) is 0. The summed E-state index contributed by atoms with van der Waals surface area (Å²) in [5.41, 5.74) is 6.86. The van der Waals surface area contributed by atoms with Crippen molar-refractivity contribution in [1.29, 1.82) is 0 Å². The Kier molecular flexibility index (Phi) is 6.09. The van der Waals surface area contributed by atoms with E-state index in [9.17, 15) is 0 Å². The van der Waals surface area contributed by atoms with Crippen molar-refractivity contribution in [3.8, 4) is 5.75 Å². The highest BCUT2D eigenvalue weighted by atomic mass is 32.1. The van der Waals surface area contributed by atoms with E-state index in [-0.39, 0.29) is 5.92 Å². The summed E-state index contributed by atoms with van der Waals surface area (Å²) in [6.45, 7) is 6.90. The van der Waals surface area contributed by atoms with Gasteiger partial charge in [0, 0.05) is 24.6 Å². The molecule has 0 aliphatic heterocycles. The lowest BCUT2D eigenvalue weighted by atomic mass is 10.1. The number of nitrogens with two attached hydrogens (primary N) is 1. The molecule has 1 unspecified atom stereocenters. The van der Waals surface area contributed by atoms with E-state index in [2.05, 4.69) is 24.8 Å². The molecule has 0 radical (unpaired) electrons. The van der Waals surface area contributed by atoms with Gasteiger partial charge in [-0.1, -0.05) is 44.3 Å². The maximum atomic E-state index is 5.67. The Morgan fingerprint density at radius 2 is 2.11 bits per heavy atom. The van der Waals surface area contributed by atoms with Crippen LogP contribution in [0.15, 0.2) is 24.3 Å². The zero-order chi connectivity index (χ0) is 13.5. The molecule has 0 bridgehead atoms. The molecule has 0 fully saturated rings. The van der Waals surface area contributed by atoms with Crippen LogP contribution in [0, 0.1) is 5.92 Å². The first-order valence-corrected chi connectivity index (χ1v) is 6.62. The monoisotopic (exact) mass is 266 g/mol. The molecule has 0 saturated carbocycles. The average molecular weight is 266 g/mol. The van der Waals surface area contributed by atoms with E-state index in [0.29, 0.717) is 4.99 Å². The van der Waals surface area contributed by atoms with E-state index in [1.54, 1.807) is 7.11 Å². The summed E-state index contributed by atoms with van der Waals surface area (Å²) in [4.78, 5) is 2.90. The van der Waals surface area contributed by atoms with Gasteiger partial charge in [-0.15, -0.1) is 0 Å². The van der Waals surface area contributed by atoms with Crippen LogP contribution in [-0.4, -0.2) is 30.1 Å². The number of ether oxygens (including phenoxy) is 1. The predicted molar refractivity (Wildman–Crippen MR) is 79.9 cm³/mol. The van der Waals surface area contributed by atoms with Crippen molar-refractivity contribution in [2.24, 2.45) is 11.7 Å². The Hall–Kier alpha value is -1.13. The molecule has 0 spiro atoms. The minimum absolute atomic E-state index is 0.231. The van der Waals surface area contributed by atoms with Gasteiger partial charge in [0.1, 0.15) is 5.75 Å². The molecule has 4 heteroatoms. The number of nitrogens with zero attached hydrogens (tertiary/aromatic N) is 1. The van der Waals surface area contributed by atoms with E-state index in [0.717, 1.165) is 25.4 Å². The van der Waals surface area contributed by atoms with Crippen LogP contribution in [0.3, 0.4) is 0 Å². The molecule has 0 aliphatic rings. The summed E-state index contributed by atoms with van der Waals surface area (Å²) in [6.07, 6.45) is 0. The molecule has 0 amide bonds. The lowest BCUT2D eigenvalue weighted by molar-refractivity contribution is 0.259. The topological polar surface area (TPSA) is 38.5 Å². The number of thiocarbonyl (C=S) groups is 1. The van der Waals surface area contributed by atoms with Crippen LogP contribution in [0.25, 0.3) is 0 Å². The van der Waals surface area contributed by atoms with Crippen molar-refractivity contribution in [2.45, 2.75) is 20.4 Å². The minimum atomic E-state index is 0.231. The first-order valence-electron chi connectivity index (χ1n) is 6.22. The van der Waals surface area contributed by atoms with Gasteiger partial charge in [0.2, 0.25) is 0 Å². The Balaban J connectivity index is 2.70. The van der Waals surface area contributed by atoms with E-state index < -0.39 is 0 Å². The number of hydrogen-bond donors (Lipinski definition) is 1. The molecule has 1 aromatic rings. The average Bonchev–Trinajstić information content (AvgIpc) is 2.38. The highest BCUT2D eigenvalue weighted by Gasteiger charge is 2.13. The van der Waals surface area contributed by atoms with Gasteiger partial charge in [0.15, 0.2) is 0 Å². The normalized spacial score (nSPS) is 12.4. The third kappa shape index (κ3) is 4.27. The first-order chi connectivity index (χ1) is 8.58. The molecule has 0 aliphatic carbocycles. The molecular formula is C14H22N2OS. The molecule has 0 saturated heterocycles. The van der Waals surface area contributed by atoms with Gasteiger partial charge in [0.25, 0.3) is 0 Å². The summed E-state index contributed by atoms with van der Waals surface area (Å²) < 4.78 is 5.37. The van der Waals surface area contributed by atoms with Crippen molar-refractivity contribution in [1.82, 2.24) is 4.90 Å². The third-order valence-electron chi connectivity index (χ3n) is 3.05. The summed E-state index contributed by atoms with van der Waals surface area (Å²) >= 11 is 5.02. The third-order valence-corrected chi connectivity index (χ3v) is 3.45. The van der Waals surface area contributed by atoms with Crippen LogP contribution in [-0.2, 0) is 6.54 Å². The van der Waals surface area contributed by atoms with Crippen LogP contribution in [0.5, 0.6) is 5.75 Å². The standard InChI is InChI=1S/C14H22N2OS/c1-4-16(9-11(2)14(15)18)10-12-7-5-6-8-13(12)17-3/h5-8,11H,4,9-10H2,1-3H3,(H2,15,18). The molecule has 1 rings (SSSR count). The fourth-order valence-corrected chi connectivity index (χ4v) is 1.93. The smallest absolute Gasteiger partial charge is 0.123 e. The van der Waals surface area contributed by atoms with E-state index in [1.807, 2.05) is 18.2 Å². The zero-order valence-corrected chi connectivity index (χ0v) is 12.2. The van der Waals surface area contributed by atoms with Crippen molar-refractivity contribution in [3.05, 3.63) is 29.8 Å². The lowest BCUT2D eigenvalue weighted by Gasteiger charge is -2.24. The largest absolute Gasteiger partial charge is 0.496 e. The molecule has 0 heterocycles. The SMILES string of the molecule is CCN(Cc1ccccc1OC)CC(C)C(N)=S. The van der Waals surface area contributed by atoms with E-state index in [1.165, 1.54) is 5.56 Å². The molecule has 2 N–H and O–H groups in total. The van der Waals surface area contributed by atoms with Gasteiger partial charge in [-0.2, -0.15) is 0 Å². The second kappa shape index (κ2) is 7.34. The van der Waals surface area contributed by atoms with Crippen molar-refractivity contribution < 1.29 is 4.74 Å². The Morgan fingerprint density at radius 1 is 1.44 bits per heavy atom. The van der Waals surface area contributed by atoms with Gasteiger partial charge in [0.05, 0.1) is 12.1 Å². The van der Waals surface area contributed by atoms with Crippen LogP contribution < -0.4 is 10.5 Å². The van der Waals surface area contributed by atoms with Crippen molar-refractivity contribution in [2.75, 3.05) is 20.2 Å². The van der Waals surface area contributed by atoms with Gasteiger partial charge in [-0.3, -0.25) is 4.90 Å². The van der Waals surface area contributed by atoms with Crippen LogP contribution in [0.1, 0.15) is 19.4 Å². The fraction of sp³-hybridized carbons (Fsp3) is 0.500. The minimum Gasteiger partial charge on any atom is -0.496 e. The van der Waals surface area contributed by atoms with Crippen molar-refractivity contribution >= 4 is 17.2 Å². The van der Waals surface area contributed by atoms with Gasteiger partial charge >= 0.3 is 0 Å². The maximum absolute atomic E-state index is 5.67. The van der Waals surface area contributed by atoms with Crippen LogP contribution >= 0.6 is 12.2 Å². The quantitative estimate of drug-likeness (QED) is 0.769. The molecule has 3 nitrogen and oxygen atoms in total. The maximum Gasteiger partial charge on any atom is 0.123 e. The number of benzene rings is 1. The molecule has 18 heavy (non-hydrogen) atoms. The fourth-order valence-electron chi connectivity index (χ4n) is 1.86. The Morgan fingerprint density at radius 3 is 2.67 bits per heavy atom. The Labute approximate surface area is 115 Å². The van der Waals surface area contributed by atoms with E-state index >= 15 is 0 Å². The first kappa shape index (κ1) is 14.9. The second-order valence-electron chi connectivity index (χ2n) is 4.44. The molecule has 1 aromatic carbocycles. The van der Waals surface area contributed by atoms with Crippen LogP contribution in [0.2, 0.25) is 0 Å². The summed E-state index contributed by atoms with van der Waals surface area (Å²) in [5.74, 6) is 1.16. The number of hydrogen-bond acceptors (Lipinski definition) is 3. The molecular weight excluding hydrogens is 244 g/mol. The summed E-state index contributed by atoms with van der Waals surface area (Å²) in [7, 11) is 1.70. The van der Waals surface area contributed by atoms with E-state index in [4.69, 9.17) is 22.7 Å². The zero-order valence-electron chi connectivity index (χ0n) is 11.3. The number of methoxy groups -OCH3 is 1. The second-order valence-corrected chi connectivity index (χ2v) is 4.91. The predicted octanol–water partition coefficient (Wildman–Crippen LogP) is 2.44. The molecule has 1 atom stereocenters. The lowest BCUT2D eigenvalue weighted by Crippen LogP contribution is -2.33. The number of rotatable bonds is 7. The molecule has 0 aromatic heterocycles. The Bertz CT molecular complexity index is 395. The van der Waals surface area contributed by atoms with Crippen molar-refractivity contribution in [3.63, 3.8) is 0 Å². The van der Waals surface area contributed by atoms with Gasteiger partial charge in [-0.05, 0) is 12.6 Å². The highest BCUT2D eigenvalue weighted by molar-refractivity contribution is 7.80. The summed E-state index contributed by atoms with van der Waals surface area (Å²) in [6, 6.07) is 8.09.